The lowest BCUT2D eigenvalue weighted by molar-refractivity contribution is -0.119. The van der Waals surface area contributed by atoms with Crippen LogP contribution in [0, 0.1) is 0 Å². The highest BCUT2D eigenvalue weighted by atomic mass is 16.5. The largest absolute Gasteiger partial charge is 0.467 e. The van der Waals surface area contributed by atoms with Gasteiger partial charge in [-0.2, -0.15) is 0 Å². The van der Waals surface area contributed by atoms with Gasteiger partial charge in [0.15, 0.2) is 6.61 Å². The molecule has 1 aromatic heterocycles. The fraction of sp³-hybridized carbons (Fsp3) is 0.231. The lowest BCUT2D eigenvalue weighted by atomic mass is 10.1. The van der Waals surface area contributed by atoms with Crippen LogP contribution in [-0.4, -0.2) is 61.5 Å². The molecule has 0 bridgehead atoms. The Kier molecular flexibility index (Phi) is 6.50. The van der Waals surface area contributed by atoms with Crippen molar-refractivity contribution >= 4 is 35.1 Å². The van der Waals surface area contributed by atoms with Crippen molar-refractivity contribution in [2.24, 2.45) is 0 Å². The molecule has 0 saturated carbocycles. The van der Waals surface area contributed by atoms with E-state index in [9.17, 15) is 19.2 Å². The van der Waals surface area contributed by atoms with Crippen molar-refractivity contribution in [1.29, 1.82) is 0 Å². The monoisotopic (exact) mass is 489 g/mol. The van der Waals surface area contributed by atoms with Gasteiger partial charge in [-0.3, -0.25) is 19.3 Å². The highest BCUT2D eigenvalue weighted by Gasteiger charge is 2.36. The Labute approximate surface area is 206 Å². The van der Waals surface area contributed by atoms with E-state index in [1.807, 2.05) is 12.1 Å². The fourth-order valence-electron chi connectivity index (χ4n) is 4.11. The van der Waals surface area contributed by atoms with Gasteiger partial charge in [-0.25, -0.2) is 4.79 Å². The molecular formula is C26H23N3O7. The number of furan rings is 1. The number of nitrogens with zero attached hydrogens (tertiary/aromatic N) is 2. The molecule has 0 atom stereocenters. The molecule has 1 fully saturated rings. The van der Waals surface area contributed by atoms with Crippen LogP contribution in [0.15, 0.2) is 65.3 Å². The van der Waals surface area contributed by atoms with Crippen molar-refractivity contribution in [1.82, 2.24) is 4.90 Å². The fourth-order valence-corrected chi connectivity index (χ4v) is 4.11. The number of amides is 3. The minimum Gasteiger partial charge on any atom is -0.467 e. The number of hydrogen-bond acceptors (Lipinski definition) is 8. The number of esters is 1. The molecule has 1 saturated heterocycles. The van der Waals surface area contributed by atoms with Gasteiger partial charge >= 0.3 is 5.97 Å². The van der Waals surface area contributed by atoms with Crippen LogP contribution in [0.4, 0.5) is 11.4 Å². The lowest BCUT2D eigenvalue weighted by Crippen LogP contribution is -2.36. The minimum absolute atomic E-state index is 0.00722. The maximum Gasteiger partial charge on any atom is 0.338 e. The molecule has 0 unspecified atom stereocenters. The van der Waals surface area contributed by atoms with Crippen molar-refractivity contribution < 1.29 is 33.1 Å². The van der Waals surface area contributed by atoms with Gasteiger partial charge < -0.3 is 24.1 Å². The Morgan fingerprint density at radius 2 is 1.69 bits per heavy atom. The second kappa shape index (κ2) is 10.0. The van der Waals surface area contributed by atoms with Gasteiger partial charge in [0.25, 0.3) is 17.7 Å². The molecule has 184 valence electrons. The second-order valence-electron chi connectivity index (χ2n) is 8.31. The van der Waals surface area contributed by atoms with Crippen molar-refractivity contribution in [3.05, 3.63) is 83.3 Å². The number of benzene rings is 2. The molecule has 2 aliphatic heterocycles. The van der Waals surface area contributed by atoms with Crippen LogP contribution in [0.1, 0.15) is 36.8 Å². The quantitative estimate of drug-likeness (QED) is 0.398. The maximum absolute atomic E-state index is 12.7. The topological polar surface area (TPSA) is 118 Å². The first-order chi connectivity index (χ1) is 17.5. The van der Waals surface area contributed by atoms with Crippen LogP contribution in [0.2, 0.25) is 0 Å². The molecule has 0 spiro atoms. The first-order valence-corrected chi connectivity index (χ1v) is 11.4. The molecule has 5 rings (SSSR count). The average molecular weight is 489 g/mol. The van der Waals surface area contributed by atoms with E-state index in [0.717, 1.165) is 23.7 Å². The average Bonchev–Trinajstić information content (AvgIpc) is 3.51. The standard InChI is InChI=1S/C26H23N3O7/c30-23(27-18-4-6-19(7-5-18)28-9-12-34-13-10-28)16-36-26(33)17-3-8-21-22(14-17)25(32)29(24(21)31)15-20-2-1-11-35-20/h1-8,11,14H,9-10,12-13,15-16H2,(H,27,30). The van der Waals surface area contributed by atoms with Gasteiger partial charge in [-0.05, 0) is 54.6 Å². The van der Waals surface area contributed by atoms with Crippen molar-refractivity contribution in [2.75, 3.05) is 43.1 Å². The molecule has 10 heteroatoms. The molecule has 10 nitrogen and oxygen atoms in total. The normalized spacial score (nSPS) is 15.1. The highest BCUT2D eigenvalue weighted by Crippen LogP contribution is 2.26. The van der Waals surface area contributed by atoms with Gasteiger partial charge in [-0.1, -0.05) is 0 Å². The summed E-state index contributed by atoms with van der Waals surface area (Å²) in [4.78, 5) is 53.4. The summed E-state index contributed by atoms with van der Waals surface area (Å²) in [6.07, 6.45) is 1.46. The van der Waals surface area contributed by atoms with E-state index in [-0.39, 0.29) is 23.2 Å². The lowest BCUT2D eigenvalue weighted by Gasteiger charge is -2.28. The molecular weight excluding hydrogens is 466 g/mol. The van der Waals surface area contributed by atoms with Gasteiger partial charge in [0, 0.05) is 24.5 Å². The summed E-state index contributed by atoms with van der Waals surface area (Å²) in [5, 5.41) is 2.69. The third-order valence-electron chi connectivity index (χ3n) is 5.96. The van der Waals surface area contributed by atoms with Crippen LogP contribution >= 0.6 is 0 Å². The summed E-state index contributed by atoms with van der Waals surface area (Å²) >= 11 is 0. The zero-order chi connectivity index (χ0) is 25.1. The molecule has 3 heterocycles. The third kappa shape index (κ3) is 4.84. The SMILES string of the molecule is O=C(COC(=O)c1ccc2c(c1)C(=O)N(Cc1ccco1)C2=O)Nc1ccc(N2CCOCC2)cc1. The molecule has 3 aromatic rings. The Morgan fingerprint density at radius 3 is 2.42 bits per heavy atom. The van der Waals surface area contributed by atoms with Crippen molar-refractivity contribution in [2.45, 2.75) is 6.54 Å². The van der Waals surface area contributed by atoms with E-state index in [2.05, 4.69) is 10.2 Å². The molecule has 2 aromatic carbocycles. The first kappa shape index (κ1) is 23.3. The second-order valence-corrected chi connectivity index (χ2v) is 8.31. The zero-order valence-electron chi connectivity index (χ0n) is 19.3. The Balaban J connectivity index is 1.16. The van der Waals surface area contributed by atoms with E-state index in [1.165, 1.54) is 24.5 Å². The van der Waals surface area contributed by atoms with Crippen molar-refractivity contribution in [3.8, 4) is 0 Å². The molecule has 1 N–H and O–H groups in total. The Hall–Kier alpha value is -4.44. The number of nitrogens with one attached hydrogen (secondary N) is 1. The third-order valence-corrected chi connectivity index (χ3v) is 5.96. The van der Waals surface area contributed by atoms with Crippen LogP contribution in [0.5, 0.6) is 0 Å². The van der Waals surface area contributed by atoms with Gasteiger partial charge in [0.1, 0.15) is 5.76 Å². The number of carbonyl (C=O) groups excluding carboxylic acids is 4. The van der Waals surface area contributed by atoms with E-state index in [4.69, 9.17) is 13.9 Å². The minimum atomic E-state index is -0.777. The van der Waals surface area contributed by atoms with E-state index >= 15 is 0 Å². The summed E-state index contributed by atoms with van der Waals surface area (Å²) in [7, 11) is 0. The molecule has 2 aliphatic rings. The number of ether oxygens (including phenoxy) is 2. The summed E-state index contributed by atoms with van der Waals surface area (Å²) < 4.78 is 15.7. The summed E-state index contributed by atoms with van der Waals surface area (Å²) in [6.45, 7) is 2.48. The first-order valence-electron chi connectivity index (χ1n) is 11.4. The van der Waals surface area contributed by atoms with Crippen LogP contribution in [0.25, 0.3) is 0 Å². The highest BCUT2D eigenvalue weighted by molar-refractivity contribution is 6.21. The smallest absolute Gasteiger partial charge is 0.338 e. The van der Waals surface area contributed by atoms with Gasteiger partial charge in [-0.15, -0.1) is 0 Å². The van der Waals surface area contributed by atoms with Crippen LogP contribution < -0.4 is 10.2 Å². The summed E-state index contributed by atoms with van der Waals surface area (Å²) in [5.74, 6) is -1.81. The number of morpholine rings is 1. The van der Waals surface area contributed by atoms with Crippen LogP contribution in [-0.2, 0) is 20.8 Å². The number of anilines is 2. The number of fused-ring (bicyclic) bond motifs is 1. The number of hydrogen-bond donors (Lipinski definition) is 1. The predicted octanol–water partition coefficient (Wildman–Crippen LogP) is 2.71. The zero-order valence-corrected chi connectivity index (χ0v) is 19.3. The predicted molar refractivity (Wildman–Crippen MR) is 128 cm³/mol. The molecule has 3 amide bonds. The maximum atomic E-state index is 12.7. The van der Waals surface area contributed by atoms with Gasteiger partial charge in [0.05, 0.1) is 42.7 Å². The summed E-state index contributed by atoms with van der Waals surface area (Å²) in [6, 6.07) is 14.8. The Bertz CT molecular complexity index is 1300. The van der Waals surface area contributed by atoms with Crippen LogP contribution in [0.3, 0.4) is 0 Å². The summed E-state index contributed by atoms with van der Waals surface area (Å²) in [5.41, 5.74) is 1.98. The van der Waals surface area contributed by atoms with Crippen molar-refractivity contribution in [3.63, 3.8) is 0 Å². The molecule has 0 aliphatic carbocycles. The van der Waals surface area contributed by atoms with E-state index in [1.54, 1.807) is 24.3 Å². The Morgan fingerprint density at radius 1 is 0.944 bits per heavy atom. The van der Waals surface area contributed by atoms with E-state index < -0.39 is 30.3 Å². The number of imide groups is 1. The molecule has 36 heavy (non-hydrogen) atoms. The number of carbonyl (C=O) groups is 4. The van der Waals surface area contributed by atoms with E-state index in [0.29, 0.717) is 24.7 Å². The van der Waals surface area contributed by atoms with Gasteiger partial charge in [0.2, 0.25) is 0 Å². The molecule has 0 radical (unpaired) electrons. The number of rotatable bonds is 7.